The molecule has 0 radical (unpaired) electrons. The second-order valence-corrected chi connectivity index (χ2v) is 6.30. The first-order valence-corrected chi connectivity index (χ1v) is 7.53. The van der Waals surface area contributed by atoms with E-state index in [9.17, 15) is 14.7 Å². The third-order valence-electron chi connectivity index (χ3n) is 4.33. The molecule has 1 aromatic heterocycles. The molecular formula is C14H19BrN2O3. The van der Waals surface area contributed by atoms with Gasteiger partial charge in [0.2, 0.25) is 0 Å². The molecule has 0 saturated carbocycles. The van der Waals surface area contributed by atoms with Crippen LogP contribution in [-0.2, 0) is 11.8 Å². The molecule has 0 atom stereocenters. The fourth-order valence-electron chi connectivity index (χ4n) is 2.76. The zero-order valence-electron chi connectivity index (χ0n) is 11.7. The maximum atomic E-state index is 12.4. The second kappa shape index (κ2) is 5.60. The van der Waals surface area contributed by atoms with E-state index in [2.05, 4.69) is 15.9 Å². The van der Waals surface area contributed by atoms with Crippen LogP contribution in [-0.4, -0.2) is 39.5 Å². The van der Waals surface area contributed by atoms with Crippen LogP contribution in [0.4, 0.5) is 0 Å². The van der Waals surface area contributed by atoms with E-state index in [4.69, 9.17) is 0 Å². The van der Waals surface area contributed by atoms with E-state index < -0.39 is 11.4 Å². The molecule has 20 heavy (non-hydrogen) atoms. The Balaban J connectivity index is 2.09. The topological polar surface area (TPSA) is 62.5 Å². The number of rotatable bonds is 3. The van der Waals surface area contributed by atoms with Crippen LogP contribution in [0.5, 0.6) is 0 Å². The third-order valence-corrected chi connectivity index (χ3v) is 4.76. The summed E-state index contributed by atoms with van der Waals surface area (Å²) in [6, 6.07) is 1.79. The summed E-state index contributed by atoms with van der Waals surface area (Å²) in [4.78, 5) is 25.6. The van der Waals surface area contributed by atoms with Gasteiger partial charge >= 0.3 is 5.97 Å². The number of carboxylic acid groups (broad SMARTS) is 1. The standard InChI is InChI=1S/C14H19BrN2O3/c1-3-14(13(19)20)4-6-17(7-5-14)12(18)11-8-10(15)9-16(11)2/h8-9H,3-7H2,1-2H3,(H,19,20). The molecule has 1 fully saturated rings. The van der Waals surface area contributed by atoms with E-state index in [-0.39, 0.29) is 5.91 Å². The molecular weight excluding hydrogens is 324 g/mol. The Bertz CT molecular complexity index is 531. The molecule has 2 heterocycles. The van der Waals surface area contributed by atoms with Gasteiger partial charge in [-0.2, -0.15) is 0 Å². The Hall–Kier alpha value is -1.30. The predicted molar refractivity (Wildman–Crippen MR) is 78.6 cm³/mol. The van der Waals surface area contributed by atoms with Crippen LogP contribution in [0.3, 0.4) is 0 Å². The van der Waals surface area contributed by atoms with Crippen molar-refractivity contribution in [1.29, 1.82) is 0 Å². The van der Waals surface area contributed by atoms with Gasteiger partial charge in [-0.1, -0.05) is 6.92 Å². The summed E-state index contributed by atoms with van der Waals surface area (Å²) >= 11 is 3.35. The third kappa shape index (κ3) is 2.61. The van der Waals surface area contributed by atoms with Crippen molar-refractivity contribution >= 4 is 27.8 Å². The van der Waals surface area contributed by atoms with Gasteiger partial charge < -0.3 is 14.6 Å². The van der Waals surface area contributed by atoms with Crippen LogP contribution in [0, 0.1) is 5.41 Å². The van der Waals surface area contributed by atoms with Gasteiger partial charge in [-0.15, -0.1) is 0 Å². The Kier molecular flexibility index (Phi) is 4.22. The van der Waals surface area contributed by atoms with Crippen LogP contribution < -0.4 is 0 Å². The first kappa shape index (κ1) is 15.1. The quantitative estimate of drug-likeness (QED) is 0.917. The maximum Gasteiger partial charge on any atom is 0.309 e. The molecule has 2 rings (SSSR count). The Morgan fingerprint density at radius 2 is 2.00 bits per heavy atom. The SMILES string of the molecule is CCC1(C(=O)O)CCN(C(=O)c2cc(Br)cn2C)CC1. The van der Waals surface area contributed by atoms with Gasteiger partial charge in [0.25, 0.3) is 5.91 Å². The molecule has 1 aliphatic rings. The van der Waals surface area contributed by atoms with Crippen LogP contribution in [0.2, 0.25) is 0 Å². The summed E-state index contributed by atoms with van der Waals surface area (Å²) in [6.07, 6.45) is 3.50. The summed E-state index contributed by atoms with van der Waals surface area (Å²) < 4.78 is 2.65. The van der Waals surface area contributed by atoms with Gasteiger partial charge in [-0.05, 0) is 41.3 Å². The summed E-state index contributed by atoms with van der Waals surface area (Å²) in [6.45, 7) is 2.91. The zero-order chi connectivity index (χ0) is 14.9. The Labute approximate surface area is 126 Å². The van der Waals surface area contributed by atoms with E-state index in [0.717, 1.165) is 4.47 Å². The van der Waals surface area contributed by atoms with Crippen molar-refractivity contribution in [2.24, 2.45) is 12.5 Å². The van der Waals surface area contributed by atoms with Crippen molar-refractivity contribution in [3.8, 4) is 0 Å². The minimum Gasteiger partial charge on any atom is -0.481 e. The van der Waals surface area contributed by atoms with Crippen molar-refractivity contribution in [2.45, 2.75) is 26.2 Å². The number of halogens is 1. The second-order valence-electron chi connectivity index (χ2n) is 5.39. The number of amides is 1. The molecule has 1 N–H and O–H groups in total. The molecule has 1 aromatic rings. The highest BCUT2D eigenvalue weighted by molar-refractivity contribution is 9.10. The highest BCUT2D eigenvalue weighted by Crippen LogP contribution is 2.35. The summed E-state index contributed by atoms with van der Waals surface area (Å²) in [5.74, 6) is -0.776. The van der Waals surface area contributed by atoms with Crippen molar-refractivity contribution in [3.63, 3.8) is 0 Å². The zero-order valence-corrected chi connectivity index (χ0v) is 13.3. The van der Waals surface area contributed by atoms with Crippen molar-refractivity contribution < 1.29 is 14.7 Å². The summed E-state index contributed by atoms with van der Waals surface area (Å²) in [5, 5.41) is 9.36. The largest absolute Gasteiger partial charge is 0.481 e. The molecule has 0 aliphatic carbocycles. The molecule has 6 heteroatoms. The number of aliphatic carboxylic acids is 1. The minimum atomic E-state index is -0.742. The minimum absolute atomic E-state index is 0.0340. The van der Waals surface area contributed by atoms with Gasteiger partial charge in [-0.3, -0.25) is 9.59 Å². The monoisotopic (exact) mass is 342 g/mol. The van der Waals surface area contributed by atoms with E-state index in [1.807, 2.05) is 20.2 Å². The smallest absolute Gasteiger partial charge is 0.309 e. The predicted octanol–water partition coefficient (Wildman–Crippen LogP) is 2.50. The lowest BCUT2D eigenvalue weighted by Gasteiger charge is -2.38. The van der Waals surface area contributed by atoms with Crippen molar-refractivity contribution in [1.82, 2.24) is 9.47 Å². The molecule has 110 valence electrons. The van der Waals surface area contributed by atoms with E-state index >= 15 is 0 Å². The maximum absolute atomic E-state index is 12.4. The number of carbonyl (C=O) groups excluding carboxylic acids is 1. The molecule has 0 aromatic carbocycles. The molecule has 1 saturated heterocycles. The van der Waals surface area contributed by atoms with Crippen molar-refractivity contribution in [3.05, 3.63) is 22.4 Å². The first-order chi connectivity index (χ1) is 9.39. The number of hydrogen-bond acceptors (Lipinski definition) is 2. The van der Waals surface area contributed by atoms with E-state index in [1.165, 1.54) is 0 Å². The molecule has 0 bridgehead atoms. The van der Waals surface area contributed by atoms with Gasteiger partial charge in [0, 0.05) is 30.8 Å². The van der Waals surface area contributed by atoms with Gasteiger partial charge in [0.05, 0.1) is 5.41 Å². The molecule has 1 aliphatic heterocycles. The van der Waals surface area contributed by atoms with Crippen LogP contribution in [0.15, 0.2) is 16.7 Å². The summed E-state index contributed by atoms with van der Waals surface area (Å²) in [7, 11) is 1.83. The number of nitrogens with zero attached hydrogens (tertiary/aromatic N) is 2. The number of carbonyl (C=O) groups is 2. The van der Waals surface area contributed by atoms with E-state index in [0.29, 0.717) is 38.0 Å². The molecule has 5 nitrogen and oxygen atoms in total. The highest BCUT2D eigenvalue weighted by Gasteiger charge is 2.41. The first-order valence-electron chi connectivity index (χ1n) is 6.74. The lowest BCUT2D eigenvalue weighted by molar-refractivity contribution is -0.152. The van der Waals surface area contributed by atoms with Crippen LogP contribution in [0.25, 0.3) is 0 Å². The Morgan fingerprint density at radius 3 is 2.40 bits per heavy atom. The number of aryl methyl sites for hydroxylation is 1. The number of carboxylic acids is 1. The summed E-state index contributed by atoms with van der Waals surface area (Å²) in [5.41, 5.74) is -0.0397. The average Bonchev–Trinajstić information content (AvgIpc) is 2.76. The number of aromatic nitrogens is 1. The molecule has 1 amide bonds. The number of hydrogen-bond donors (Lipinski definition) is 1. The average molecular weight is 343 g/mol. The molecule has 0 spiro atoms. The lowest BCUT2D eigenvalue weighted by atomic mass is 9.76. The van der Waals surface area contributed by atoms with Crippen molar-refractivity contribution in [2.75, 3.05) is 13.1 Å². The van der Waals surface area contributed by atoms with E-state index in [1.54, 1.807) is 15.5 Å². The fraction of sp³-hybridized carbons (Fsp3) is 0.571. The Morgan fingerprint density at radius 1 is 1.40 bits per heavy atom. The number of piperidine rings is 1. The number of likely N-dealkylation sites (tertiary alicyclic amines) is 1. The van der Waals surface area contributed by atoms with Crippen LogP contribution >= 0.6 is 15.9 Å². The fourth-order valence-corrected chi connectivity index (χ4v) is 3.28. The normalized spacial score (nSPS) is 18.1. The molecule has 0 unspecified atom stereocenters. The lowest BCUT2D eigenvalue weighted by Crippen LogP contribution is -2.46. The van der Waals surface area contributed by atoms with Gasteiger partial charge in [0.1, 0.15) is 5.69 Å². The van der Waals surface area contributed by atoms with Crippen LogP contribution in [0.1, 0.15) is 36.7 Å². The highest BCUT2D eigenvalue weighted by atomic mass is 79.9. The van der Waals surface area contributed by atoms with Gasteiger partial charge in [-0.25, -0.2) is 0 Å². The van der Waals surface area contributed by atoms with Gasteiger partial charge in [0.15, 0.2) is 0 Å².